The number of thioether (sulfide) groups is 1. The van der Waals surface area contributed by atoms with E-state index < -0.39 is 5.97 Å². The fourth-order valence-electron chi connectivity index (χ4n) is 1.57. The normalized spacial score (nSPS) is 10.8. The summed E-state index contributed by atoms with van der Waals surface area (Å²) in [4.78, 5) is 15.6. The van der Waals surface area contributed by atoms with Crippen LogP contribution in [0.2, 0.25) is 0 Å². The van der Waals surface area contributed by atoms with Crippen LogP contribution in [-0.2, 0) is 0 Å². The molecule has 4 heteroatoms. The van der Waals surface area contributed by atoms with Gasteiger partial charge in [0.2, 0.25) is 0 Å². The highest BCUT2D eigenvalue weighted by atomic mass is 32.2. The van der Waals surface area contributed by atoms with Crippen LogP contribution < -0.4 is 0 Å². The number of carboxylic acid groups (broad SMARTS) is 1. The third-order valence-corrected chi connectivity index (χ3v) is 3.13. The molecule has 0 aliphatic rings. The highest BCUT2D eigenvalue weighted by Gasteiger charge is 2.15. The summed E-state index contributed by atoms with van der Waals surface area (Å²) >= 11 is 1.38. The summed E-state index contributed by atoms with van der Waals surface area (Å²) in [5.41, 5.74) is 1.82. The first-order chi connectivity index (χ1) is 8.70. The Bertz CT molecular complexity index is 548. The molecule has 1 rings (SSSR count). The molecule has 1 heterocycles. The highest BCUT2D eigenvalue weighted by Crippen LogP contribution is 2.24. The molecule has 0 spiro atoms. The van der Waals surface area contributed by atoms with E-state index in [4.69, 9.17) is 0 Å². The molecular formula is C15H19NO2S. The van der Waals surface area contributed by atoms with E-state index in [2.05, 4.69) is 16.8 Å². The van der Waals surface area contributed by atoms with Crippen LogP contribution in [0.3, 0.4) is 0 Å². The van der Waals surface area contributed by atoms with E-state index in [0.29, 0.717) is 10.8 Å². The highest BCUT2D eigenvalue weighted by molar-refractivity contribution is 7.99. The first kappa shape index (κ1) is 15.6. The van der Waals surface area contributed by atoms with Crippen molar-refractivity contribution >= 4 is 17.7 Å². The average molecular weight is 277 g/mol. The summed E-state index contributed by atoms with van der Waals surface area (Å²) in [7, 11) is 0. The van der Waals surface area contributed by atoms with Crippen LogP contribution in [0, 0.1) is 31.1 Å². The molecule has 102 valence electrons. The summed E-state index contributed by atoms with van der Waals surface area (Å²) in [6.45, 7) is 9.79. The molecule has 0 radical (unpaired) electrons. The maximum Gasteiger partial charge on any atom is 0.338 e. The lowest BCUT2D eigenvalue weighted by Gasteiger charge is -2.09. The van der Waals surface area contributed by atoms with Gasteiger partial charge >= 0.3 is 5.97 Å². The second-order valence-corrected chi connectivity index (χ2v) is 6.37. The molecule has 1 N–H and O–H groups in total. The first-order valence-corrected chi connectivity index (χ1v) is 7.03. The summed E-state index contributed by atoms with van der Waals surface area (Å²) in [5.74, 6) is 5.80. The van der Waals surface area contributed by atoms with Crippen LogP contribution in [0.5, 0.6) is 0 Å². The van der Waals surface area contributed by atoms with Gasteiger partial charge in [0.15, 0.2) is 0 Å². The van der Waals surface area contributed by atoms with E-state index in [0.717, 1.165) is 11.3 Å². The maximum atomic E-state index is 11.3. The molecule has 0 unspecified atom stereocenters. The fraction of sp³-hybridized carbons (Fsp3) is 0.467. The molecule has 0 fully saturated rings. The largest absolute Gasteiger partial charge is 0.478 e. The summed E-state index contributed by atoms with van der Waals surface area (Å²) in [6, 6.07) is 1.79. The average Bonchev–Trinajstić information content (AvgIpc) is 2.21. The van der Waals surface area contributed by atoms with Crippen LogP contribution in [0.4, 0.5) is 0 Å². The van der Waals surface area contributed by atoms with E-state index in [-0.39, 0.29) is 11.0 Å². The Morgan fingerprint density at radius 3 is 2.58 bits per heavy atom. The smallest absolute Gasteiger partial charge is 0.338 e. The zero-order valence-electron chi connectivity index (χ0n) is 12.0. The number of rotatable bonds is 3. The Morgan fingerprint density at radius 1 is 1.42 bits per heavy atom. The van der Waals surface area contributed by atoms with Crippen molar-refractivity contribution in [2.24, 2.45) is 5.41 Å². The zero-order chi connectivity index (χ0) is 14.6. The van der Waals surface area contributed by atoms with E-state index >= 15 is 0 Å². The van der Waals surface area contributed by atoms with Crippen molar-refractivity contribution in [1.29, 1.82) is 0 Å². The predicted octanol–water partition coefficient (Wildman–Crippen LogP) is 3.54. The Labute approximate surface area is 118 Å². The van der Waals surface area contributed by atoms with Gasteiger partial charge in [-0.1, -0.05) is 23.6 Å². The number of aromatic nitrogens is 1. The molecule has 3 nitrogen and oxygen atoms in total. The van der Waals surface area contributed by atoms with Gasteiger partial charge in [-0.25, -0.2) is 9.78 Å². The fourth-order valence-corrected chi connectivity index (χ4v) is 2.46. The van der Waals surface area contributed by atoms with Gasteiger partial charge < -0.3 is 5.11 Å². The number of carboxylic acids is 1. The van der Waals surface area contributed by atoms with Gasteiger partial charge in [-0.05, 0) is 46.2 Å². The van der Waals surface area contributed by atoms with Gasteiger partial charge in [-0.3, -0.25) is 0 Å². The maximum absolute atomic E-state index is 11.3. The second-order valence-electron chi connectivity index (χ2n) is 5.41. The minimum absolute atomic E-state index is 0.0356. The molecular weight excluding hydrogens is 258 g/mol. The van der Waals surface area contributed by atoms with Gasteiger partial charge in [0.05, 0.1) is 11.3 Å². The minimum atomic E-state index is -0.934. The van der Waals surface area contributed by atoms with Gasteiger partial charge in [0, 0.05) is 11.1 Å². The molecule has 0 aromatic carbocycles. The Kier molecular flexibility index (Phi) is 5.02. The number of aryl methyl sites for hydroxylation is 2. The molecule has 1 aromatic rings. The standard InChI is InChI=1S/C15H19NO2S/c1-10-9-11(2)16-13(12(10)14(17)18)19-8-6-7-15(3,4)5/h9H,8H2,1-5H3,(H,17,18). The van der Waals surface area contributed by atoms with E-state index in [1.165, 1.54) is 11.8 Å². The van der Waals surface area contributed by atoms with E-state index in [1.807, 2.05) is 27.7 Å². The van der Waals surface area contributed by atoms with E-state index in [1.54, 1.807) is 13.0 Å². The van der Waals surface area contributed by atoms with Crippen LogP contribution >= 0.6 is 11.8 Å². The van der Waals surface area contributed by atoms with Gasteiger partial charge in [-0.2, -0.15) is 0 Å². The van der Waals surface area contributed by atoms with Crippen molar-refractivity contribution in [2.45, 2.75) is 39.6 Å². The third kappa shape index (κ3) is 4.96. The predicted molar refractivity (Wildman–Crippen MR) is 78.6 cm³/mol. The Balaban J connectivity index is 2.94. The monoisotopic (exact) mass is 277 g/mol. The van der Waals surface area contributed by atoms with Crippen molar-refractivity contribution in [2.75, 3.05) is 5.75 Å². The van der Waals surface area contributed by atoms with Crippen molar-refractivity contribution in [1.82, 2.24) is 4.98 Å². The van der Waals surface area contributed by atoms with E-state index in [9.17, 15) is 9.90 Å². The summed E-state index contributed by atoms with van der Waals surface area (Å²) < 4.78 is 0. The SMILES string of the molecule is Cc1cc(C)c(C(=O)O)c(SCC#CC(C)(C)C)n1. The molecule has 0 saturated carbocycles. The van der Waals surface area contributed by atoms with Crippen molar-refractivity contribution in [3.8, 4) is 11.8 Å². The third-order valence-electron chi connectivity index (χ3n) is 2.27. The second kappa shape index (κ2) is 6.12. The van der Waals surface area contributed by atoms with Crippen LogP contribution in [0.15, 0.2) is 11.1 Å². The van der Waals surface area contributed by atoms with Crippen LogP contribution in [0.25, 0.3) is 0 Å². The molecule has 0 amide bonds. The Hall–Kier alpha value is -1.47. The van der Waals surface area contributed by atoms with Crippen molar-refractivity contribution < 1.29 is 9.90 Å². The van der Waals surface area contributed by atoms with Gasteiger partial charge in [-0.15, -0.1) is 0 Å². The number of aromatic carboxylic acids is 1. The van der Waals surface area contributed by atoms with Crippen molar-refractivity contribution in [3.63, 3.8) is 0 Å². The quantitative estimate of drug-likeness (QED) is 0.678. The molecule has 0 bridgehead atoms. The van der Waals surface area contributed by atoms with Crippen LogP contribution in [0.1, 0.15) is 42.4 Å². The Morgan fingerprint density at radius 2 is 2.05 bits per heavy atom. The minimum Gasteiger partial charge on any atom is -0.478 e. The molecule has 0 aliphatic carbocycles. The molecule has 19 heavy (non-hydrogen) atoms. The molecule has 0 atom stereocenters. The van der Waals surface area contributed by atoms with Crippen LogP contribution in [-0.4, -0.2) is 21.8 Å². The topological polar surface area (TPSA) is 50.2 Å². The summed E-state index contributed by atoms with van der Waals surface area (Å²) in [5, 5.41) is 9.78. The lowest BCUT2D eigenvalue weighted by Crippen LogP contribution is -2.05. The molecule has 0 aliphatic heterocycles. The number of nitrogens with zero attached hydrogens (tertiary/aromatic N) is 1. The number of pyridine rings is 1. The zero-order valence-corrected chi connectivity index (χ0v) is 12.8. The van der Waals surface area contributed by atoms with Gasteiger partial charge in [0.25, 0.3) is 0 Å². The number of hydrogen-bond donors (Lipinski definition) is 1. The lowest BCUT2D eigenvalue weighted by molar-refractivity contribution is 0.0691. The summed E-state index contributed by atoms with van der Waals surface area (Å²) in [6.07, 6.45) is 0. The van der Waals surface area contributed by atoms with Crippen molar-refractivity contribution in [3.05, 3.63) is 22.9 Å². The molecule has 1 aromatic heterocycles. The molecule has 0 saturated heterocycles. The lowest BCUT2D eigenvalue weighted by atomic mass is 9.98. The number of carbonyl (C=O) groups is 1. The number of hydrogen-bond acceptors (Lipinski definition) is 3. The van der Waals surface area contributed by atoms with Gasteiger partial charge in [0.1, 0.15) is 5.03 Å². The first-order valence-electron chi connectivity index (χ1n) is 6.05.